The van der Waals surface area contributed by atoms with Crippen LogP contribution in [-0.2, 0) is 0 Å². The van der Waals surface area contributed by atoms with Gasteiger partial charge < -0.3 is 0 Å². The van der Waals surface area contributed by atoms with Gasteiger partial charge in [-0.25, -0.2) is 0 Å². The van der Waals surface area contributed by atoms with Gasteiger partial charge in [-0.3, -0.25) is 0 Å². The van der Waals surface area contributed by atoms with Crippen molar-refractivity contribution in [1.29, 1.82) is 0 Å². The summed E-state index contributed by atoms with van der Waals surface area (Å²) in [5.41, 5.74) is 0. The SMILES string of the molecule is CCC(C)CSc1cccc(Br)c1. The minimum atomic E-state index is 0.809. The third-order valence-electron chi connectivity index (χ3n) is 2.03. The Morgan fingerprint density at radius 3 is 2.85 bits per heavy atom. The maximum absolute atomic E-state index is 3.47. The van der Waals surface area contributed by atoms with Gasteiger partial charge >= 0.3 is 0 Å². The molecule has 0 aliphatic rings. The molecule has 0 aliphatic heterocycles. The standard InChI is InChI=1S/C11H15BrS/c1-3-9(2)8-13-11-6-4-5-10(12)7-11/h4-7,9H,3,8H2,1-2H3. The van der Waals surface area contributed by atoms with Crippen molar-refractivity contribution >= 4 is 27.7 Å². The van der Waals surface area contributed by atoms with Crippen molar-refractivity contribution in [2.75, 3.05) is 5.75 Å². The summed E-state index contributed by atoms with van der Waals surface area (Å²) in [6.45, 7) is 4.54. The van der Waals surface area contributed by atoms with E-state index in [0.29, 0.717) is 0 Å². The van der Waals surface area contributed by atoms with E-state index in [1.54, 1.807) is 0 Å². The second-order valence-corrected chi connectivity index (χ2v) is 5.29. The summed E-state index contributed by atoms with van der Waals surface area (Å²) in [4.78, 5) is 1.36. The summed E-state index contributed by atoms with van der Waals surface area (Å²) in [6.07, 6.45) is 1.26. The van der Waals surface area contributed by atoms with E-state index in [2.05, 4.69) is 54.0 Å². The maximum atomic E-state index is 3.47. The van der Waals surface area contributed by atoms with E-state index in [-0.39, 0.29) is 0 Å². The van der Waals surface area contributed by atoms with Gasteiger partial charge in [-0.15, -0.1) is 11.8 Å². The number of thioether (sulfide) groups is 1. The molecule has 1 atom stereocenters. The third kappa shape index (κ3) is 4.19. The molecule has 1 aromatic rings. The highest BCUT2D eigenvalue weighted by atomic mass is 79.9. The molecule has 0 bridgehead atoms. The molecule has 0 spiro atoms. The van der Waals surface area contributed by atoms with Gasteiger partial charge in [-0.05, 0) is 24.1 Å². The highest BCUT2D eigenvalue weighted by Gasteiger charge is 2.00. The number of hydrogen-bond donors (Lipinski definition) is 0. The number of benzene rings is 1. The molecule has 1 unspecified atom stereocenters. The molecule has 0 fully saturated rings. The molecule has 0 aliphatic carbocycles. The average Bonchev–Trinajstić information content (AvgIpc) is 2.14. The Bertz CT molecular complexity index is 260. The van der Waals surface area contributed by atoms with E-state index in [4.69, 9.17) is 0 Å². The summed E-state index contributed by atoms with van der Waals surface area (Å²) in [5, 5.41) is 0. The molecule has 0 aromatic heterocycles. The molecule has 0 heterocycles. The lowest BCUT2D eigenvalue weighted by Crippen LogP contribution is -1.94. The summed E-state index contributed by atoms with van der Waals surface area (Å²) in [7, 11) is 0. The number of hydrogen-bond acceptors (Lipinski definition) is 1. The second-order valence-electron chi connectivity index (χ2n) is 3.28. The largest absolute Gasteiger partial charge is 0.126 e. The molecule has 2 heteroatoms. The Hall–Kier alpha value is 0.0500. The van der Waals surface area contributed by atoms with Gasteiger partial charge in [0, 0.05) is 15.1 Å². The molecule has 0 N–H and O–H groups in total. The first-order chi connectivity index (χ1) is 6.22. The van der Waals surface area contributed by atoms with Gasteiger partial charge in [-0.2, -0.15) is 0 Å². The third-order valence-corrected chi connectivity index (χ3v) is 3.84. The summed E-state index contributed by atoms with van der Waals surface area (Å²) < 4.78 is 1.17. The normalized spacial score (nSPS) is 12.8. The summed E-state index contributed by atoms with van der Waals surface area (Å²) in [5.74, 6) is 2.02. The zero-order valence-electron chi connectivity index (χ0n) is 8.09. The lowest BCUT2D eigenvalue weighted by atomic mass is 10.2. The van der Waals surface area contributed by atoms with Crippen LogP contribution in [-0.4, -0.2) is 5.75 Å². The van der Waals surface area contributed by atoms with Crippen LogP contribution < -0.4 is 0 Å². The predicted molar refractivity (Wildman–Crippen MR) is 64.3 cm³/mol. The average molecular weight is 259 g/mol. The molecule has 0 nitrogen and oxygen atoms in total. The number of rotatable bonds is 4. The fourth-order valence-corrected chi connectivity index (χ4v) is 2.56. The highest BCUT2D eigenvalue weighted by molar-refractivity contribution is 9.10. The zero-order chi connectivity index (χ0) is 9.68. The van der Waals surface area contributed by atoms with Crippen LogP contribution in [0.15, 0.2) is 33.6 Å². The fraction of sp³-hybridized carbons (Fsp3) is 0.455. The molecule has 1 rings (SSSR count). The van der Waals surface area contributed by atoms with E-state index in [1.807, 2.05) is 11.8 Å². The van der Waals surface area contributed by atoms with E-state index in [0.717, 1.165) is 5.92 Å². The van der Waals surface area contributed by atoms with Gasteiger partial charge in [0.1, 0.15) is 0 Å². The van der Waals surface area contributed by atoms with Crippen molar-refractivity contribution in [3.63, 3.8) is 0 Å². The molecule has 0 radical (unpaired) electrons. The van der Waals surface area contributed by atoms with Crippen molar-refractivity contribution in [2.24, 2.45) is 5.92 Å². The van der Waals surface area contributed by atoms with Crippen molar-refractivity contribution < 1.29 is 0 Å². The molecule has 1 aromatic carbocycles. The predicted octanol–water partition coefficient (Wildman–Crippen LogP) is 4.59. The molecule has 0 amide bonds. The van der Waals surface area contributed by atoms with Crippen LogP contribution in [0, 0.1) is 5.92 Å². The number of halogens is 1. The van der Waals surface area contributed by atoms with Crippen molar-refractivity contribution in [2.45, 2.75) is 25.2 Å². The van der Waals surface area contributed by atoms with Gasteiger partial charge in [0.05, 0.1) is 0 Å². The quantitative estimate of drug-likeness (QED) is 0.713. The van der Waals surface area contributed by atoms with E-state index in [9.17, 15) is 0 Å². The highest BCUT2D eigenvalue weighted by Crippen LogP contribution is 2.24. The fourth-order valence-electron chi connectivity index (χ4n) is 0.913. The first-order valence-corrected chi connectivity index (χ1v) is 6.38. The van der Waals surface area contributed by atoms with Crippen molar-refractivity contribution in [3.05, 3.63) is 28.7 Å². The molecule has 0 saturated heterocycles. The summed E-state index contributed by atoms with van der Waals surface area (Å²) in [6, 6.07) is 8.49. The summed E-state index contributed by atoms with van der Waals surface area (Å²) >= 11 is 5.41. The van der Waals surface area contributed by atoms with E-state index in [1.165, 1.54) is 21.5 Å². The first-order valence-electron chi connectivity index (χ1n) is 4.60. The minimum Gasteiger partial charge on any atom is -0.126 e. The zero-order valence-corrected chi connectivity index (χ0v) is 10.5. The van der Waals surface area contributed by atoms with Crippen LogP contribution in [0.5, 0.6) is 0 Å². The minimum absolute atomic E-state index is 0.809. The molecule has 13 heavy (non-hydrogen) atoms. The molecular weight excluding hydrogens is 244 g/mol. The molecule has 72 valence electrons. The van der Waals surface area contributed by atoms with Crippen LogP contribution in [0.1, 0.15) is 20.3 Å². The first kappa shape index (κ1) is 11.1. The Morgan fingerprint density at radius 2 is 2.23 bits per heavy atom. The van der Waals surface area contributed by atoms with Crippen molar-refractivity contribution in [1.82, 2.24) is 0 Å². The van der Waals surface area contributed by atoms with Crippen LogP contribution >= 0.6 is 27.7 Å². The van der Waals surface area contributed by atoms with Crippen molar-refractivity contribution in [3.8, 4) is 0 Å². The van der Waals surface area contributed by atoms with E-state index < -0.39 is 0 Å². The topological polar surface area (TPSA) is 0 Å². The lowest BCUT2D eigenvalue weighted by Gasteiger charge is -2.07. The molecular formula is C11H15BrS. The Morgan fingerprint density at radius 1 is 1.46 bits per heavy atom. The van der Waals surface area contributed by atoms with Gasteiger partial charge in [0.15, 0.2) is 0 Å². The lowest BCUT2D eigenvalue weighted by molar-refractivity contribution is 0.637. The Balaban J connectivity index is 2.45. The van der Waals surface area contributed by atoms with Gasteiger partial charge in [0.2, 0.25) is 0 Å². The maximum Gasteiger partial charge on any atom is 0.0186 e. The monoisotopic (exact) mass is 258 g/mol. The molecule has 0 saturated carbocycles. The second kappa shape index (κ2) is 5.71. The van der Waals surface area contributed by atoms with Crippen LogP contribution in [0.2, 0.25) is 0 Å². The Labute approximate surface area is 93.2 Å². The van der Waals surface area contributed by atoms with Crippen LogP contribution in [0.4, 0.5) is 0 Å². The Kier molecular flexibility index (Phi) is 4.89. The van der Waals surface area contributed by atoms with Crippen LogP contribution in [0.25, 0.3) is 0 Å². The van der Waals surface area contributed by atoms with Gasteiger partial charge in [0.25, 0.3) is 0 Å². The van der Waals surface area contributed by atoms with E-state index >= 15 is 0 Å². The smallest absolute Gasteiger partial charge is 0.0186 e. The van der Waals surface area contributed by atoms with Gasteiger partial charge in [-0.1, -0.05) is 42.3 Å². The van der Waals surface area contributed by atoms with Crippen LogP contribution in [0.3, 0.4) is 0 Å².